The van der Waals surface area contributed by atoms with E-state index < -0.39 is 11.2 Å². The zero-order chi connectivity index (χ0) is 20.2. The zero-order valence-corrected chi connectivity index (χ0v) is 16.3. The Labute approximate surface area is 161 Å². The van der Waals surface area contributed by atoms with E-state index in [0.29, 0.717) is 17.8 Å². The van der Waals surface area contributed by atoms with Crippen molar-refractivity contribution in [1.82, 2.24) is 19.0 Å². The first-order valence-electron chi connectivity index (χ1n) is 9.24. The van der Waals surface area contributed by atoms with Crippen LogP contribution in [0.1, 0.15) is 34.6 Å². The van der Waals surface area contributed by atoms with Gasteiger partial charge in [-0.25, -0.2) is 9.78 Å². The summed E-state index contributed by atoms with van der Waals surface area (Å²) in [5, 5.41) is 0.313. The van der Waals surface area contributed by atoms with Crippen molar-refractivity contribution in [2.45, 2.75) is 19.9 Å². The number of pyridine rings is 1. The van der Waals surface area contributed by atoms with Gasteiger partial charge >= 0.3 is 5.69 Å². The lowest BCUT2D eigenvalue weighted by Gasteiger charge is -2.47. The second-order valence-electron chi connectivity index (χ2n) is 7.57. The van der Waals surface area contributed by atoms with Gasteiger partial charge in [-0.15, -0.1) is 0 Å². The number of fused-ring (bicyclic) bond motifs is 1. The molecular weight excluding hydrogens is 356 g/mol. The molecule has 0 aliphatic carbocycles. The molecule has 1 aromatic carbocycles. The number of amides is 1. The van der Waals surface area contributed by atoms with Gasteiger partial charge in [-0.1, -0.05) is 36.8 Å². The summed E-state index contributed by atoms with van der Waals surface area (Å²) in [6.07, 6.45) is 0. The summed E-state index contributed by atoms with van der Waals surface area (Å²) in [6, 6.07) is 11.3. The Bertz CT molecular complexity index is 1220. The van der Waals surface area contributed by atoms with E-state index in [9.17, 15) is 14.4 Å². The van der Waals surface area contributed by atoms with Gasteiger partial charge in [-0.05, 0) is 30.5 Å². The Morgan fingerprint density at radius 1 is 1.11 bits per heavy atom. The molecule has 1 saturated heterocycles. The van der Waals surface area contributed by atoms with Crippen LogP contribution in [-0.4, -0.2) is 31.5 Å². The van der Waals surface area contributed by atoms with Crippen molar-refractivity contribution in [2.24, 2.45) is 20.0 Å². The highest BCUT2D eigenvalue weighted by molar-refractivity contribution is 5.95. The van der Waals surface area contributed by atoms with E-state index in [1.807, 2.05) is 25.1 Å². The number of hydrogen-bond donors (Lipinski definition) is 0. The van der Waals surface area contributed by atoms with Gasteiger partial charge in [0.2, 0.25) is 0 Å². The van der Waals surface area contributed by atoms with Crippen molar-refractivity contribution in [3.8, 4) is 0 Å². The maximum Gasteiger partial charge on any atom is 0.332 e. The Balaban J connectivity index is 1.75. The highest BCUT2D eigenvalue weighted by atomic mass is 16.2. The van der Waals surface area contributed by atoms with Gasteiger partial charge < -0.3 is 4.90 Å². The molecule has 7 heteroatoms. The van der Waals surface area contributed by atoms with E-state index in [0.717, 1.165) is 15.7 Å². The molecule has 1 aliphatic rings. The average molecular weight is 378 g/mol. The summed E-state index contributed by atoms with van der Waals surface area (Å²) < 4.78 is 2.33. The van der Waals surface area contributed by atoms with Crippen molar-refractivity contribution in [2.75, 3.05) is 6.54 Å². The first-order chi connectivity index (χ1) is 13.3. The summed E-state index contributed by atoms with van der Waals surface area (Å²) >= 11 is 0. The summed E-state index contributed by atoms with van der Waals surface area (Å²) in [5.41, 5.74) is 1.83. The Hall–Kier alpha value is -3.22. The number of aryl methyl sites for hydroxylation is 2. The first-order valence-corrected chi connectivity index (χ1v) is 9.24. The monoisotopic (exact) mass is 378 g/mol. The van der Waals surface area contributed by atoms with Crippen LogP contribution >= 0.6 is 0 Å². The SMILES string of the molecule is Cc1cccc(C2C(C)CN2C(=O)c2ccc3c(=O)n(C)c(=O)n(C)c3n2)c1. The number of nitrogens with zero attached hydrogens (tertiary/aromatic N) is 4. The molecule has 0 bridgehead atoms. The fourth-order valence-corrected chi connectivity index (χ4v) is 3.99. The van der Waals surface area contributed by atoms with Crippen molar-refractivity contribution < 1.29 is 4.79 Å². The minimum atomic E-state index is -0.468. The average Bonchev–Trinajstić information content (AvgIpc) is 2.67. The number of carbonyl (C=O) groups excluding carboxylic acids is 1. The van der Waals surface area contributed by atoms with Gasteiger partial charge in [0.15, 0.2) is 0 Å². The molecule has 2 unspecified atom stereocenters. The Morgan fingerprint density at radius 3 is 2.54 bits per heavy atom. The van der Waals surface area contributed by atoms with Gasteiger partial charge in [0.05, 0.1) is 11.4 Å². The third kappa shape index (κ3) is 2.66. The first kappa shape index (κ1) is 18.2. The molecule has 1 amide bonds. The third-order valence-electron chi connectivity index (χ3n) is 5.52. The maximum absolute atomic E-state index is 13.1. The highest BCUT2D eigenvalue weighted by Gasteiger charge is 2.40. The number of aromatic nitrogens is 3. The lowest BCUT2D eigenvalue weighted by molar-refractivity contribution is 0.0192. The molecule has 0 N–H and O–H groups in total. The predicted molar refractivity (Wildman–Crippen MR) is 106 cm³/mol. The molecule has 28 heavy (non-hydrogen) atoms. The number of carbonyl (C=O) groups is 1. The predicted octanol–water partition coefficient (Wildman–Crippen LogP) is 1.77. The number of rotatable bonds is 2. The molecule has 0 radical (unpaired) electrons. The van der Waals surface area contributed by atoms with Crippen molar-refractivity contribution in [3.63, 3.8) is 0 Å². The molecule has 1 aliphatic heterocycles. The van der Waals surface area contributed by atoms with Gasteiger partial charge in [-0.2, -0.15) is 0 Å². The molecule has 7 nitrogen and oxygen atoms in total. The largest absolute Gasteiger partial charge is 0.332 e. The fraction of sp³-hybridized carbons (Fsp3) is 0.333. The van der Waals surface area contributed by atoms with Crippen LogP contribution < -0.4 is 11.2 Å². The van der Waals surface area contributed by atoms with Crippen LogP contribution in [0.3, 0.4) is 0 Å². The Kier molecular flexibility index (Phi) is 4.18. The van der Waals surface area contributed by atoms with Gasteiger partial charge in [0.1, 0.15) is 11.3 Å². The molecule has 3 heterocycles. The lowest BCUT2D eigenvalue weighted by Crippen LogP contribution is -2.51. The van der Waals surface area contributed by atoms with Crippen molar-refractivity contribution >= 4 is 16.9 Å². The highest BCUT2D eigenvalue weighted by Crippen LogP contribution is 2.39. The molecule has 1 fully saturated rings. The third-order valence-corrected chi connectivity index (χ3v) is 5.52. The Morgan fingerprint density at radius 2 is 1.86 bits per heavy atom. The summed E-state index contributed by atoms with van der Waals surface area (Å²) in [5.74, 6) is 0.155. The number of benzene rings is 1. The standard InChI is InChI=1S/C21H22N4O3/c1-12-6-5-7-14(10-12)17-13(2)11-25(17)20(27)16-9-8-15-18(22-16)23(3)21(28)24(4)19(15)26/h5-10,13,17H,11H2,1-4H3. The second-order valence-corrected chi connectivity index (χ2v) is 7.57. The van der Waals surface area contributed by atoms with Crippen molar-refractivity contribution in [1.29, 1.82) is 0 Å². The summed E-state index contributed by atoms with van der Waals surface area (Å²) in [7, 11) is 2.98. The lowest BCUT2D eigenvalue weighted by atomic mass is 9.84. The minimum Gasteiger partial charge on any atom is -0.330 e. The van der Waals surface area contributed by atoms with Gasteiger partial charge in [0, 0.05) is 20.6 Å². The zero-order valence-electron chi connectivity index (χ0n) is 16.3. The van der Waals surface area contributed by atoms with Crippen LogP contribution in [0.4, 0.5) is 0 Å². The van der Waals surface area contributed by atoms with Crippen molar-refractivity contribution in [3.05, 3.63) is 74.1 Å². The molecule has 144 valence electrons. The summed E-state index contributed by atoms with van der Waals surface area (Å²) in [4.78, 5) is 43.8. The molecule has 2 atom stereocenters. The number of hydrogen-bond acceptors (Lipinski definition) is 4. The van der Waals surface area contributed by atoms with Crippen LogP contribution in [0, 0.1) is 12.8 Å². The van der Waals surface area contributed by atoms with E-state index >= 15 is 0 Å². The quantitative estimate of drug-likeness (QED) is 0.681. The topological polar surface area (TPSA) is 77.2 Å². The summed E-state index contributed by atoms with van der Waals surface area (Å²) in [6.45, 7) is 4.80. The molecule has 0 saturated carbocycles. The smallest absolute Gasteiger partial charge is 0.330 e. The molecule has 3 aromatic rings. The molecule has 4 rings (SSSR count). The van der Waals surface area contributed by atoms with Crippen LogP contribution in [0.2, 0.25) is 0 Å². The van der Waals surface area contributed by atoms with E-state index in [4.69, 9.17) is 0 Å². The van der Waals surface area contributed by atoms with Crippen LogP contribution in [0.5, 0.6) is 0 Å². The molecule has 2 aromatic heterocycles. The van der Waals surface area contributed by atoms with E-state index in [1.54, 1.807) is 24.1 Å². The van der Waals surface area contributed by atoms with Gasteiger partial charge in [-0.3, -0.25) is 18.7 Å². The molecular formula is C21H22N4O3. The second kappa shape index (κ2) is 6.44. The van der Waals surface area contributed by atoms with E-state index in [-0.39, 0.29) is 23.3 Å². The number of likely N-dealkylation sites (tertiary alicyclic amines) is 1. The van der Waals surface area contributed by atoms with Crippen LogP contribution in [-0.2, 0) is 14.1 Å². The fourth-order valence-electron chi connectivity index (χ4n) is 3.99. The maximum atomic E-state index is 13.1. The van der Waals surface area contributed by atoms with Crippen LogP contribution in [0.15, 0.2) is 46.0 Å². The normalized spacial score (nSPS) is 18.9. The van der Waals surface area contributed by atoms with E-state index in [2.05, 4.69) is 18.0 Å². The van der Waals surface area contributed by atoms with Crippen LogP contribution in [0.25, 0.3) is 11.0 Å². The molecule has 0 spiro atoms. The minimum absolute atomic E-state index is 0.00245. The van der Waals surface area contributed by atoms with Gasteiger partial charge in [0.25, 0.3) is 11.5 Å². The van der Waals surface area contributed by atoms with E-state index in [1.165, 1.54) is 11.6 Å².